The van der Waals surface area contributed by atoms with Crippen LogP contribution in [0.5, 0.6) is 5.75 Å². The Labute approximate surface area is 172 Å². The average molecular weight is 400 g/mol. The average Bonchev–Trinajstić information content (AvgIpc) is 2.74. The van der Waals surface area contributed by atoms with Crippen LogP contribution in [-0.2, 0) is 17.8 Å². The molecule has 0 aromatic heterocycles. The Hall–Kier alpha value is -2.44. The summed E-state index contributed by atoms with van der Waals surface area (Å²) in [5.74, 6) is -0.0523. The van der Waals surface area contributed by atoms with Crippen LogP contribution < -0.4 is 10.1 Å². The molecule has 156 valence electrons. The van der Waals surface area contributed by atoms with Gasteiger partial charge in [-0.2, -0.15) is 0 Å². The van der Waals surface area contributed by atoms with Crippen molar-refractivity contribution in [1.29, 1.82) is 0 Å². The molecule has 1 atom stereocenters. The maximum absolute atomic E-state index is 13.9. The molecule has 2 aromatic rings. The molecule has 0 radical (unpaired) electrons. The van der Waals surface area contributed by atoms with Crippen LogP contribution in [-0.4, -0.2) is 55.0 Å². The standard InChI is InChI=1S/C23H30FN3O2/c1-4-18-5-8-20(9-6-18)25-23(28)17(2)27-13-11-26(12-14-27)16-19-7-10-22(29-3)21(24)15-19/h5-10,15,17H,4,11-14,16H2,1-3H3,(H,25,28). The van der Waals surface area contributed by atoms with E-state index in [1.165, 1.54) is 18.7 Å². The maximum Gasteiger partial charge on any atom is 0.241 e. The highest BCUT2D eigenvalue weighted by molar-refractivity contribution is 5.94. The summed E-state index contributed by atoms with van der Waals surface area (Å²) >= 11 is 0. The molecule has 1 amide bonds. The van der Waals surface area contributed by atoms with E-state index in [1.54, 1.807) is 6.07 Å². The zero-order valence-electron chi connectivity index (χ0n) is 17.5. The SMILES string of the molecule is CCc1ccc(NC(=O)C(C)N2CCN(Cc3ccc(OC)c(F)c3)CC2)cc1. The number of benzene rings is 2. The van der Waals surface area contributed by atoms with E-state index in [1.807, 2.05) is 37.3 Å². The molecule has 0 spiro atoms. The lowest BCUT2D eigenvalue weighted by Crippen LogP contribution is -2.52. The van der Waals surface area contributed by atoms with Gasteiger partial charge in [0, 0.05) is 38.4 Å². The van der Waals surface area contributed by atoms with Crippen molar-refractivity contribution < 1.29 is 13.9 Å². The fourth-order valence-corrected chi connectivity index (χ4v) is 3.61. The number of nitrogens with zero attached hydrogens (tertiary/aromatic N) is 2. The van der Waals surface area contributed by atoms with E-state index < -0.39 is 0 Å². The summed E-state index contributed by atoms with van der Waals surface area (Å²) in [7, 11) is 1.47. The van der Waals surface area contributed by atoms with Gasteiger partial charge in [-0.15, -0.1) is 0 Å². The lowest BCUT2D eigenvalue weighted by Gasteiger charge is -2.37. The highest BCUT2D eigenvalue weighted by Gasteiger charge is 2.25. The normalized spacial score (nSPS) is 16.4. The highest BCUT2D eigenvalue weighted by Crippen LogP contribution is 2.19. The Morgan fingerprint density at radius 2 is 1.76 bits per heavy atom. The molecule has 1 saturated heterocycles. The monoisotopic (exact) mass is 399 g/mol. The number of hydrogen-bond acceptors (Lipinski definition) is 4. The molecule has 1 N–H and O–H groups in total. The molecule has 2 aromatic carbocycles. The summed E-state index contributed by atoms with van der Waals surface area (Å²) < 4.78 is 18.9. The molecule has 1 fully saturated rings. The van der Waals surface area contributed by atoms with Crippen LogP contribution in [0.15, 0.2) is 42.5 Å². The molecule has 29 heavy (non-hydrogen) atoms. The number of carbonyl (C=O) groups excluding carboxylic acids is 1. The van der Waals surface area contributed by atoms with Gasteiger partial charge >= 0.3 is 0 Å². The largest absolute Gasteiger partial charge is 0.494 e. The van der Waals surface area contributed by atoms with Crippen LogP contribution in [0.2, 0.25) is 0 Å². The van der Waals surface area contributed by atoms with Gasteiger partial charge in [-0.1, -0.05) is 25.1 Å². The first-order chi connectivity index (χ1) is 14.0. The van der Waals surface area contributed by atoms with E-state index in [4.69, 9.17) is 4.74 Å². The number of methoxy groups -OCH3 is 1. The van der Waals surface area contributed by atoms with Crippen molar-refractivity contribution in [3.05, 3.63) is 59.4 Å². The second-order valence-corrected chi connectivity index (χ2v) is 7.50. The van der Waals surface area contributed by atoms with Gasteiger partial charge in [0.05, 0.1) is 13.2 Å². The smallest absolute Gasteiger partial charge is 0.241 e. The van der Waals surface area contributed by atoms with E-state index in [-0.39, 0.29) is 23.5 Å². The van der Waals surface area contributed by atoms with Crippen LogP contribution in [0.4, 0.5) is 10.1 Å². The van der Waals surface area contributed by atoms with Gasteiger partial charge in [0.2, 0.25) is 5.91 Å². The molecule has 0 bridgehead atoms. The van der Waals surface area contributed by atoms with Crippen molar-refractivity contribution in [1.82, 2.24) is 9.80 Å². The third kappa shape index (κ3) is 5.55. The lowest BCUT2D eigenvalue weighted by atomic mass is 10.1. The summed E-state index contributed by atoms with van der Waals surface area (Å²) in [6.07, 6.45) is 0.984. The molecular formula is C23H30FN3O2. The number of nitrogens with one attached hydrogen (secondary N) is 1. The van der Waals surface area contributed by atoms with Crippen molar-refractivity contribution in [2.45, 2.75) is 32.9 Å². The van der Waals surface area contributed by atoms with E-state index in [2.05, 4.69) is 22.0 Å². The van der Waals surface area contributed by atoms with Gasteiger partial charge in [0.15, 0.2) is 11.6 Å². The van der Waals surface area contributed by atoms with Gasteiger partial charge in [-0.3, -0.25) is 14.6 Å². The van der Waals surface area contributed by atoms with Crippen molar-refractivity contribution in [2.24, 2.45) is 0 Å². The maximum atomic E-state index is 13.9. The number of amides is 1. The van der Waals surface area contributed by atoms with Gasteiger partial charge in [-0.25, -0.2) is 4.39 Å². The molecule has 3 rings (SSSR count). The zero-order valence-corrected chi connectivity index (χ0v) is 17.5. The minimum absolute atomic E-state index is 0.0138. The summed E-state index contributed by atoms with van der Waals surface area (Å²) in [4.78, 5) is 17.1. The first-order valence-corrected chi connectivity index (χ1v) is 10.2. The van der Waals surface area contributed by atoms with Crippen LogP contribution in [0, 0.1) is 5.82 Å². The fourth-order valence-electron chi connectivity index (χ4n) is 3.61. The summed E-state index contributed by atoms with van der Waals surface area (Å²) in [5, 5.41) is 3.01. The first-order valence-electron chi connectivity index (χ1n) is 10.2. The number of ether oxygens (including phenoxy) is 1. The van der Waals surface area contributed by atoms with Crippen molar-refractivity contribution in [3.8, 4) is 5.75 Å². The number of anilines is 1. The van der Waals surface area contributed by atoms with Gasteiger partial charge in [0.25, 0.3) is 0 Å². The Kier molecular flexibility index (Phi) is 7.23. The third-order valence-corrected chi connectivity index (χ3v) is 5.59. The molecule has 0 saturated carbocycles. The molecule has 6 heteroatoms. The number of aryl methyl sites for hydroxylation is 1. The molecule has 1 aliphatic heterocycles. The quantitative estimate of drug-likeness (QED) is 0.774. The van der Waals surface area contributed by atoms with E-state index in [0.717, 1.165) is 43.9 Å². The number of halogens is 1. The van der Waals surface area contributed by atoms with Gasteiger partial charge in [-0.05, 0) is 48.7 Å². The minimum Gasteiger partial charge on any atom is -0.494 e. The van der Waals surface area contributed by atoms with Crippen LogP contribution in [0.3, 0.4) is 0 Å². The summed E-state index contributed by atoms with van der Waals surface area (Å²) in [6.45, 7) is 8.06. The van der Waals surface area contributed by atoms with Crippen molar-refractivity contribution in [2.75, 3.05) is 38.6 Å². The summed E-state index contributed by atoms with van der Waals surface area (Å²) in [5.41, 5.74) is 3.01. The third-order valence-electron chi connectivity index (χ3n) is 5.59. The van der Waals surface area contributed by atoms with Gasteiger partial charge < -0.3 is 10.1 Å². The van der Waals surface area contributed by atoms with E-state index in [0.29, 0.717) is 6.54 Å². The Morgan fingerprint density at radius 3 is 2.34 bits per heavy atom. The fraction of sp³-hybridized carbons (Fsp3) is 0.435. The highest BCUT2D eigenvalue weighted by atomic mass is 19.1. The van der Waals surface area contributed by atoms with Crippen LogP contribution in [0.25, 0.3) is 0 Å². The number of carbonyl (C=O) groups is 1. The Balaban J connectivity index is 1.48. The van der Waals surface area contributed by atoms with Crippen molar-refractivity contribution >= 4 is 11.6 Å². The van der Waals surface area contributed by atoms with Crippen LogP contribution >= 0.6 is 0 Å². The second kappa shape index (κ2) is 9.85. The van der Waals surface area contributed by atoms with E-state index in [9.17, 15) is 9.18 Å². The predicted molar refractivity (Wildman–Crippen MR) is 114 cm³/mol. The number of hydrogen-bond donors (Lipinski definition) is 1. The molecule has 5 nitrogen and oxygen atoms in total. The van der Waals surface area contributed by atoms with Crippen molar-refractivity contribution in [3.63, 3.8) is 0 Å². The lowest BCUT2D eigenvalue weighted by molar-refractivity contribution is -0.121. The Morgan fingerprint density at radius 1 is 1.10 bits per heavy atom. The van der Waals surface area contributed by atoms with Gasteiger partial charge in [0.1, 0.15) is 0 Å². The zero-order chi connectivity index (χ0) is 20.8. The summed E-state index contributed by atoms with van der Waals surface area (Å²) in [6, 6.07) is 12.9. The minimum atomic E-state index is -0.333. The molecule has 1 heterocycles. The first kappa shape index (κ1) is 21.3. The topological polar surface area (TPSA) is 44.8 Å². The number of piperazine rings is 1. The van der Waals surface area contributed by atoms with Crippen LogP contribution in [0.1, 0.15) is 25.0 Å². The molecule has 1 aliphatic rings. The second-order valence-electron chi connectivity index (χ2n) is 7.50. The van der Waals surface area contributed by atoms with E-state index >= 15 is 0 Å². The molecule has 1 unspecified atom stereocenters. The number of rotatable bonds is 7. The molecule has 0 aliphatic carbocycles. The molecular weight excluding hydrogens is 369 g/mol. The Bertz CT molecular complexity index is 817. The predicted octanol–water partition coefficient (Wildman–Crippen LogP) is 3.54.